The molecule has 5 heteroatoms. The summed E-state index contributed by atoms with van der Waals surface area (Å²) in [5.74, 6) is 0. The van der Waals surface area contributed by atoms with Crippen LogP contribution in [0.25, 0.3) is 11.3 Å². The molecule has 0 atom stereocenters. The van der Waals surface area contributed by atoms with E-state index in [-0.39, 0.29) is 0 Å². The highest BCUT2D eigenvalue weighted by atomic mass is 32.1. The number of thiophene rings is 1. The minimum absolute atomic E-state index is 0.543. The van der Waals surface area contributed by atoms with E-state index in [0.717, 1.165) is 11.3 Å². The Labute approximate surface area is 85.1 Å². The van der Waals surface area contributed by atoms with Gasteiger partial charge in [-0.15, -0.1) is 11.3 Å². The predicted molar refractivity (Wildman–Crippen MR) is 53.7 cm³/mol. The molecule has 2 rings (SSSR count). The smallest absolute Gasteiger partial charge is 0.188 e. The van der Waals surface area contributed by atoms with Gasteiger partial charge in [-0.1, -0.05) is 0 Å². The number of aliphatic hydroxyl groups is 2. The molecule has 0 unspecified atom stereocenters. The average molecular weight is 210 g/mol. The number of nitrogens with zero attached hydrogens (tertiary/aromatic N) is 2. The van der Waals surface area contributed by atoms with Crippen LogP contribution in [0.3, 0.4) is 0 Å². The molecule has 0 spiro atoms. The highest BCUT2D eigenvalue weighted by Crippen LogP contribution is 2.27. The van der Waals surface area contributed by atoms with Gasteiger partial charge < -0.3 is 10.2 Å². The summed E-state index contributed by atoms with van der Waals surface area (Å²) in [4.78, 5) is 0.543. The van der Waals surface area contributed by atoms with Gasteiger partial charge in [-0.05, 0) is 12.1 Å². The third-order valence-electron chi connectivity index (χ3n) is 1.99. The Bertz CT molecular complexity index is 433. The second-order valence-electron chi connectivity index (χ2n) is 2.95. The summed E-state index contributed by atoms with van der Waals surface area (Å²) < 4.78 is 1.75. The van der Waals surface area contributed by atoms with E-state index >= 15 is 0 Å². The molecular formula is C9H10N2O2S. The van der Waals surface area contributed by atoms with E-state index in [1.165, 1.54) is 11.3 Å². The first kappa shape index (κ1) is 9.39. The minimum Gasteiger partial charge on any atom is -0.364 e. The standard InChI is InChI=1S/C9H10N2O2S/c1-11-7(2-3-10-11)6-4-8(9(12)13)14-5-6/h2-5,9,12-13H,1H3. The molecule has 0 aliphatic carbocycles. The molecule has 74 valence electrons. The molecule has 2 aromatic rings. The molecule has 0 saturated carbocycles. The highest BCUT2D eigenvalue weighted by Gasteiger charge is 2.09. The van der Waals surface area contributed by atoms with E-state index in [1.54, 1.807) is 16.9 Å². The molecular weight excluding hydrogens is 200 g/mol. The lowest BCUT2D eigenvalue weighted by atomic mass is 10.2. The molecule has 2 N–H and O–H groups in total. The third-order valence-corrected chi connectivity index (χ3v) is 2.96. The largest absolute Gasteiger partial charge is 0.364 e. The van der Waals surface area contributed by atoms with Gasteiger partial charge in [0.05, 0.1) is 10.6 Å². The quantitative estimate of drug-likeness (QED) is 0.730. The van der Waals surface area contributed by atoms with Crippen molar-refractivity contribution >= 4 is 11.3 Å². The molecule has 0 amide bonds. The van der Waals surface area contributed by atoms with Crippen molar-refractivity contribution in [2.75, 3.05) is 0 Å². The number of aromatic nitrogens is 2. The van der Waals surface area contributed by atoms with Gasteiger partial charge in [0, 0.05) is 24.2 Å². The van der Waals surface area contributed by atoms with Gasteiger partial charge in [0.1, 0.15) is 0 Å². The van der Waals surface area contributed by atoms with Crippen LogP contribution in [0.4, 0.5) is 0 Å². The van der Waals surface area contributed by atoms with Crippen LogP contribution in [0, 0.1) is 0 Å². The van der Waals surface area contributed by atoms with Crippen molar-refractivity contribution in [2.24, 2.45) is 7.05 Å². The number of hydrogen-bond acceptors (Lipinski definition) is 4. The molecule has 2 aromatic heterocycles. The van der Waals surface area contributed by atoms with Gasteiger partial charge in [-0.2, -0.15) is 5.10 Å². The highest BCUT2D eigenvalue weighted by molar-refractivity contribution is 7.10. The maximum absolute atomic E-state index is 8.95. The first-order valence-electron chi connectivity index (χ1n) is 4.11. The van der Waals surface area contributed by atoms with Crippen LogP contribution in [-0.2, 0) is 7.05 Å². The van der Waals surface area contributed by atoms with E-state index in [9.17, 15) is 0 Å². The van der Waals surface area contributed by atoms with Gasteiger partial charge in [-0.25, -0.2) is 0 Å². The second kappa shape index (κ2) is 3.53. The Hall–Kier alpha value is -1.17. The van der Waals surface area contributed by atoms with E-state index < -0.39 is 6.29 Å². The summed E-state index contributed by atoms with van der Waals surface area (Å²) in [6.45, 7) is 0. The Morgan fingerprint density at radius 3 is 2.79 bits per heavy atom. The Morgan fingerprint density at radius 1 is 1.50 bits per heavy atom. The number of aryl methyl sites for hydroxylation is 1. The van der Waals surface area contributed by atoms with E-state index in [2.05, 4.69) is 5.10 Å². The van der Waals surface area contributed by atoms with Crippen molar-refractivity contribution in [1.29, 1.82) is 0 Å². The zero-order valence-corrected chi connectivity index (χ0v) is 8.40. The fourth-order valence-corrected chi connectivity index (χ4v) is 2.05. The van der Waals surface area contributed by atoms with Crippen molar-refractivity contribution in [3.05, 3.63) is 28.6 Å². The van der Waals surface area contributed by atoms with Crippen LogP contribution in [0.15, 0.2) is 23.7 Å². The lowest BCUT2D eigenvalue weighted by Gasteiger charge is -1.98. The van der Waals surface area contributed by atoms with Crippen LogP contribution in [-0.4, -0.2) is 20.0 Å². The zero-order valence-electron chi connectivity index (χ0n) is 7.58. The molecule has 0 radical (unpaired) electrons. The summed E-state index contributed by atoms with van der Waals surface area (Å²) in [5, 5.41) is 23.8. The molecule has 4 nitrogen and oxygen atoms in total. The fraction of sp³-hybridized carbons (Fsp3) is 0.222. The molecule has 0 bridgehead atoms. The van der Waals surface area contributed by atoms with Crippen molar-refractivity contribution in [3.8, 4) is 11.3 Å². The van der Waals surface area contributed by atoms with E-state index in [0.29, 0.717) is 4.88 Å². The summed E-state index contributed by atoms with van der Waals surface area (Å²) in [6.07, 6.45) is 0.323. The first-order chi connectivity index (χ1) is 6.68. The zero-order chi connectivity index (χ0) is 10.1. The van der Waals surface area contributed by atoms with Crippen LogP contribution in [0.5, 0.6) is 0 Å². The van der Waals surface area contributed by atoms with Crippen molar-refractivity contribution < 1.29 is 10.2 Å². The normalized spacial score (nSPS) is 11.1. The topological polar surface area (TPSA) is 58.3 Å². The third kappa shape index (κ3) is 1.57. The van der Waals surface area contributed by atoms with Crippen LogP contribution < -0.4 is 0 Å². The Morgan fingerprint density at radius 2 is 2.29 bits per heavy atom. The van der Waals surface area contributed by atoms with Gasteiger partial charge in [0.15, 0.2) is 6.29 Å². The van der Waals surface area contributed by atoms with Crippen molar-refractivity contribution in [1.82, 2.24) is 9.78 Å². The molecule has 0 aliphatic rings. The Kier molecular flexibility index (Phi) is 2.37. The summed E-state index contributed by atoms with van der Waals surface area (Å²) in [7, 11) is 1.85. The lowest BCUT2D eigenvalue weighted by molar-refractivity contribution is -0.0395. The van der Waals surface area contributed by atoms with Crippen LogP contribution in [0.2, 0.25) is 0 Å². The Balaban J connectivity index is 2.39. The number of rotatable bonds is 2. The number of aliphatic hydroxyl groups excluding tert-OH is 1. The first-order valence-corrected chi connectivity index (χ1v) is 4.99. The van der Waals surface area contributed by atoms with Gasteiger partial charge in [0.25, 0.3) is 0 Å². The SMILES string of the molecule is Cn1nccc1-c1csc(C(O)O)c1. The lowest BCUT2D eigenvalue weighted by Crippen LogP contribution is -1.92. The van der Waals surface area contributed by atoms with Crippen LogP contribution >= 0.6 is 11.3 Å². The summed E-state index contributed by atoms with van der Waals surface area (Å²) in [5.41, 5.74) is 1.92. The van der Waals surface area contributed by atoms with Gasteiger partial charge in [0.2, 0.25) is 0 Å². The maximum atomic E-state index is 8.95. The minimum atomic E-state index is -1.39. The summed E-state index contributed by atoms with van der Waals surface area (Å²) in [6, 6.07) is 3.64. The molecule has 2 heterocycles. The molecule has 0 fully saturated rings. The monoisotopic (exact) mass is 210 g/mol. The molecule has 0 saturated heterocycles. The fourth-order valence-electron chi connectivity index (χ4n) is 1.28. The summed E-state index contributed by atoms with van der Waals surface area (Å²) >= 11 is 1.32. The molecule has 0 aromatic carbocycles. The van der Waals surface area contributed by atoms with Gasteiger partial charge >= 0.3 is 0 Å². The van der Waals surface area contributed by atoms with Gasteiger partial charge in [-0.3, -0.25) is 4.68 Å². The molecule has 14 heavy (non-hydrogen) atoms. The molecule has 0 aliphatic heterocycles. The average Bonchev–Trinajstić information content (AvgIpc) is 2.71. The predicted octanol–water partition coefficient (Wildman–Crippen LogP) is 1.13. The second-order valence-corrected chi connectivity index (χ2v) is 3.89. The van der Waals surface area contributed by atoms with Crippen molar-refractivity contribution in [2.45, 2.75) is 6.29 Å². The maximum Gasteiger partial charge on any atom is 0.188 e. The van der Waals surface area contributed by atoms with Crippen molar-refractivity contribution in [3.63, 3.8) is 0 Å². The van der Waals surface area contributed by atoms with E-state index in [4.69, 9.17) is 10.2 Å². The number of hydrogen-bond donors (Lipinski definition) is 2. The van der Waals surface area contributed by atoms with Crippen LogP contribution in [0.1, 0.15) is 11.2 Å². The van der Waals surface area contributed by atoms with E-state index in [1.807, 2.05) is 18.5 Å².